The minimum absolute atomic E-state index is 0.177. The van der Waals surface area contributed by atoms with Gasteiger partial charge in [-0.25, -0.2) is 4.39 Å². The third-order valence-electron chi connectivity index (χ3n) is 1.94. The molecule has 1 unspecified atom stereocenters. The van der Waals surface area contributed by atoms with Gasteiger partial charge in [0.15, 0.2) is 0 Å². The van der Waals surface area contributed by atoms with Crippen LogP contribution in [0.1, 0.15) is 11.1 Å². The Labute approximate surface area is 82.2 Å². The number of aliphatic hydroxyl groups is 1. The van der Waals surface area contributed by atoms with Gasteiger partial charge in [-0.3, -0.25) is 0 Å². The van der Waals surface area contributed by atoms with Crippen LogP contribution in [0.5, 0.6) is 0 Å². The van der Waals surface area contributed by atoms with Crippen molar-refractivity contribution in [2.75, 3.05) is 5.88 Å². The fourth-order valence-electron chi connectivity index (χ4n) is 1.17. The van der Waals surface area contributed by atoms with Crippen molar-refractivity contribution >= 4 is 11.6 Å². The molecule has 1 rings (SSSR count). The molecule has 1 N–H and O–H groups in total. The number of hydrogen-bond acceptors (Lipinski definition) is 1. The second kappa shape index (κ2) is 4.58. The minimum Gasteiger partial charge on any atom is -0.392 e. The van der Waals surface area contributed by atoms with Crippen molar-refractivity contribution in [3.05, 3.63) is 35.1 Å². The molecule has 1 atom stereocenters. The Bertz CT molecular complexity index is 288. The lowest BCUT2D eigenvalue weighted by Crippen LogP contribution is -2.12. The highest BCUT2D eigenvalue weighted by molar-refractivity contribution is 6.18. The van der Waals surface area contributed by atoms with E-state index in [0.29, 0.717) is 6.42 Å². The van der Waals surface area contributed by atoms with Gasteiger partial charge in [0, 0.05) is 5.88 Å². The van der Waals surface area contributed by atoms with Gasteiger partial charge in [-0.05, 0) is 36.6 Å². The number of rotatable bonds is 3. The molecule has 0 heterocycles. The molecule has 3 heteroatoms. The highest BCUT2D eigenvalue weighted by atomic mass is 35.5. The van der Waals surface area contributed by atoms with E-state index in [4.69, 9.17) is 11.6 Å². The largest absolute Gasteiger partial charge is 0.392 e. The smallest absolute Gasteiger partial charge is 0.123 e. The molecule has 0 aromatic heterocycles. The van der Waals surface area contributed by atoms with Crippen LogP contribution in [0.2, 0.25) is 0 Å². The molecule has 1 nitrogen and oxygen atoms in total. The van der Waals surface area contributed by atoms with Crippen molar-refractivity contribution in [3.8, 4) is 0 Å². The van der Waals surface area contributed by atoms with E-state index in [2.05, 4.69) is 0 Å². The molecule has 0 amide bonds. The van der Waals surface area contributed by atoms with Crippen LogP contribution in [-0.2, 0) is 6.42 Å². The van der Waals surface area contributed by atoms with Crippen LogP contribution in [0.15, 0.2) is 18.2 Å². The van der Waals surface area contributed by atoms with Crippen LogP contribution < -0.4 is 0 Å². The number of aliphatic hydroxyl groups excluding tert-OH is 1. The van der Waals surface area contributed by atoms with Crippen molar-refractivity contribution in [2.24, 2.45) is 0 Å². The van der Waals surface area contributed by atoms with Crippen LogP contribution >= 0.6 is 11.6 Å². The van der Waals surface area contributed by atoms with E-state index in [-0.39, 0.29) is 11.7 Å². The maximum atomic E-state index is 12.8. The minimum atomic E-state index is -0.595. The first kappa shape index (κ1) is 10.5. The maximum absolute atomic E-state index is 12.8. The summed E-state index contributed by atoms with van der Waals surface area (Å²) in [4.78, 5) is 0. The Morgan fingerprint density at radius 2 is 2.23 bits per heavy atom. The van der Waals surface area contributed by atoms with Crippen LogP contribution in [0, 0.1) is 12.7 Å². The fourth-order valence-corrected chi connectivity index (χ4v) is 1.28. The summed E-state index contributed by atoms with van der Waals surface area (Å²) < 4.78 is 12.8. The van der Waals surface area contributed by atoms with Crippen molar-refractivity contribution in [2.45, 2.75) is 19.4 Å². The summed E-state index contributed by atoms with van der Waals surface area (Å²) in [6.07, 6.45) is -0.185. The predicted octanol–water partition coefficient (Wildman–Crippen LogP) is 2.28. The normalized spacial score (nSPS) is 12.9. The summed E-state index contributed by atoms with van der Waals surface area (Å²) >= 11 is 5.45. The molecule has 1 aromatic carbocycles. The van der Waals surface area contributed by atoms with Gasteiger partial charge in [0.1, 0.15) is 5.82 Å². The Kier molecular flexibility index (Phi) is 3.70. The summed E-state index contributed by atoms with van der Waals surface area (Å²) in [7, 11) is 0. The van der Waals surface area contributed by atoms with Crippen LogP contribution in [0.25, 0.3) is 0 Å². The molecular formula is C10H12ClFO. The van der Waals surface area contributed by atoms with Crippen molar-refractivity contribution in [3.63, 3.8) is 0 Å². The van der Waals surface area contributed by atoms with Gasteiger partial charge in [-0.1, -0.05) is 6.07 Å². The summed E-state index contributed by atoms with van der Waals surface area (Å²) in [6, 6.07) is 4.54. The lowest BCUT2D eigenvalue weighted by molar-refractivity contribution is 0.198. The molecule has 0 aliphatic heterocycles. The number of hydrogen-bond donors (Lipinski definition) is 1. The highest BCUT2D eigenvalue weighted by Crippen LogP contribution is 2.12. The molecule has 0 spiro atoms. The quantitative estimate of drug-likeness (QED) is 0.746. The molecule has 0 saturated carbocycles. The molecule has 72 valence electrons. The van der Waals surface area contributed by atoms with E-state index in [1.165, 1.54) is 12.1 Å². The summed E-state index contributed by atoms with van der Waals surface area (Å²) in [5, 5.41) is 9.27. The lowest BCUT2D eigenvalue weighted by Gasteiger charge is -2.09. The zero-order chi connectivity index (χ0) is 9.84. The first-order chi connectivity index (χ1) is 6.13. The second-order valence-corrected chi connectivity index (χ2v) is 3.39. The molecule has 1 aromatic rings. The molecule has 0 radical (unpaired) electrons. The Hall–Kier alpha value is -0.600. The van der Waals surface area contributed by atoms with E-state index in [0.717, 1.165) is 11.1 Å². The van der Waals surface area contributed by atoms with E-state index in [1.807, 2.05) is 6.92 Å². The van der Waals surface area contributed by atoms with Crippen LogP contribution in [-0.4, -0.2) is 17.1 Å². The molecule has 0 bridgehead atoms. The molecular weight excluding hydrogens is 191 g/mol. The van der Waals surface area contributed by atoms with Crippen LogP contribution in [0.3, 0.4) is 0 Å². The van der Waals surface area contributed by atoms with Crippen LogP contribution in [0.4, 0.5) is 4.39 Å². The molecule has 0 aliphatic carbocycles. The monoisotopic (exact) mass is 202 g/mol. The van der Waals surface area contributed by atoms with Crippen molar-refractivity contribution < 1.29 is 9.50 Å². The molecule has 0 aliphatic rings. The van der Waals surface area contributed by atoms with Gasteiger partial charge in [0.05, 0.1) is 6.10 Å². The molecule has 0 saturated heterocycles. The first-order valence-corrected chi connectivity index (χ1v) is 4.66. The first-order valence-electron chi connectivity index (χ1n) is 4.12. The van der Waals surface area contributed by atoms with Gasteiger partial charge in [0.2, 0.25) is 0 Å². The van der Waals surface area contributed by atoms with E-state index in [1.54, 1.807) is 6.07 Å². The van der Waals surface area contributed by atoms with Crippen molar-refractivity contribution in [1.29, 1.82) is 0 Å². The average molecular weight is 203 g/mol. The zero-order valence-corrected chi connectivity index (χ0v) is 8.18. The number of alkyl halides is 1. The lowest BCUT2D eigenvalue weighted by atomic mass is 10.0. The van der Waals surface area contributed by atoms with Gasteiger partial charge in [0.25, 0.3) is 0 Å². The highest BCUT2D eigenvalue weighted by Gasteiger charge is 2.06. The number of aryl methyl sites for hydroxylation is 1. The Morgan fingerprint density at radius 3 is 2.85 bits per heavy atom. The Balaban J connectivity index is 2.81. The van der Waals surface area contributed by atoms with Gasteiger partial charge >= 0.3 is 0 Å². The summed E-state index contributed by atoms with van der Waals surface area (Å²) in [6.45, 7) is 1.88. The third kappa shape index (κ3) is 2.98. The Morgan fingerprint density at radius 1 is 1.54 bits per heavy atom. The number of benzene rings is 1. The standard InChI is InChI=1S/C10H12ClFO/c1-7-2-3-9(12)4-8(7)5-10(13)6-11/h2-4,10,13H,5-6H2,1H3. The van der Waals surface area contributed by atoms with E-state index in [9.17, 15) is 9.50 Å². The van der Waals surface area contributed by atoms with Gasteiger partial charge < -0.3 is 5.11 Å². The third-order valence-corrected chi connectivity index (χ3v) is 2.30. The zero-order valence-electron chi connectivity index (χ0n) is 7.43. The molecule has 13 heavy (non-hydrogen) atoms. The second-order valence-electron chi connectivity index (χ2n) is 3.08. The summed E-state index contributed by atoms with van der Waals surface area (Å²) in [5.74, 6) is -0.0990. The predicted molar refractivity (Wildman–Crippen MR) is 51.6 cm³/mol. The van der Waals surface area contributed by atoms with Gasteiger partial charge in [-0.15, -0.1) is 11.6 Å². The average Bonchev–Trinajstić information content (AvgIpc) is 2.11. The van der Waals surface area contributed by atoms with Gasteiger partial charge in [-0.2, -0.15) is 0 Å². The van der Waals surface area contributed by atoms with E-state index < -0.39 is 6.10 Å². The van der Waals surface area contributed by atoms with E-state index >= 15 is 0 Å². The SMILES string of the molecule is Cc1ccc(F)cc1CC(O)CCl. The fraction of sp³-hybridized carbons (Fsp3) is 0.400. The maximum Gasteiger partial charge on any atom is 0.123 e. The van der Waals surface area contributed by atoms with Crippen molar-refractivity contribution in [1.82, 2.24) is 0 Å². The molecule has 0 fully saturated rings. The topological polar surface area (TPSA) is 20.2 Å². The summed E-state index contributed by atoms with van der Waals surface area (Å²) in [5.41, 5.74) is 1.79. The number of halogens is 2.